The maximum absolute atomic E-state index is 13.1. The highest BCUT2D eigenvalue weighted by atomic mass is 35.5. The first-order chi connectivity index (χ1) is 12.8. The lowest BCUT2D eigenvalue weighted by Crippen LogP contribution is -2.22. The standard InChI is InChI=1S/C17H15ClFN5O3/c1-10-6-15(21-16(25)9-24-14(17(26)27)4-5-20-24)22-23(10)8-11-2-3-12(19)7-13(11)18/h2-7H,8-9H2,1H3,(H,26,27)(H,21,22,25). The van der Waals surface area contributed by atoms with Crippen molar-refractivity contribution in [2.24, 2.45) is 0 Å². The number of rotatable bonds is 6. The Hall–Kier alpha value is -3.20. The Morgan fingerprint density at radius 1 is 1.26 bits per heavy atom. The van der Waals surface area contributed by atoms with E-state index in [1.807, 2.05) is 0 Å². The van der Waals surface area contributed by atoms with Crippen molar-refractivity contribution in [3.8, 4) is 0 Å². The fraction of sp³-hybridized carbons (Fsp3) is 0.176. The number of amides is 1. The zero-order valence-electron chi connectivity index (χ0n) is 14.2. The molecule has 1 aromatic carbocycles. The van der Waals surface area contributed by atoms with E-state index in [0.717, 1.165) is 10.4 Å². The summed E-state index contributed by atoms with van der Waals surface area (Å²) in [6.07, 6.45) is 1.31. The van der Waals surface area contributed by atoms with Crippen molar-refractivity contribution < 1.29 is 19.1 Å². The second-order valence-electron chi connectivity index (χ2n) is 5.79. The highest BCUT2D eigenvalue weighted by Gasteiger charge is 2.15. The lowest BCUT2D eigenvalue weighted by Gasteiger charge is -2.07. The first-order valence-corrected chi connectivity index (χ1v) is 8.24. The summed E-state index contributed by atoms with van der Waals surface area (Å²) in [5, 5.41) is 20.0. The molecular weight excluding hydrogens is 377 g/mol. The third-order valence-corrected chi connectivity index (χ3v) is 4.16. The average Bonchev–Trinajstić information content (AvgIpc) is 3.17. The van der Waals surface area contributed by atoms with Crippen LogP contribution in [0.25, 0.3) is 0 Å². The molecule has 0 aliphatic heterocycles. The van der Waals surface area contributed by atoms with Gasteiger partial charge in [0, 0.05) is 23.0 Å². The number of nitrogens with one attached hydrogen (secondary N) is 1. The Balaban J connectivity index is 1.69. The molecule has 0 radical (unpaired) electrons. The number of aromatic carboxylic acids is 1. The predicted octanol–water partition coefficient (Wildman–Crippen LogP) is 2.57. The summed E-state index contributed by atoms with van der Waals surface area (Å²) in [7, 11) is 0. The third-order valence-electron chi connectivity index (χ3n) is 3.81. The summed E-state index contributed by atoms with van der Waals surface area (Å²) in [5.74, 6) is -1.75. The number of hydrogen-bond acceptors (Lipinski definition) is 4. The monoisotopic (exact) mass is 391 g/mol. The summed E-state index contributed by atoms with van der Waals surface area (Å²) in [6, 6.07) is 7.08. The van der Waals surface area contributed by atoms with Crippen LogP contribution in [0, 0.1) is 12.7 Å². The van der Waals surface area contributed by atoms with E-state index in [4.69, 9.17) is 16.7 Å². The van der Waals surface area contributed by atoms with Gasteiger partial charge in [-0.05, 0) is 30.7 Å². The lowest BCUT2D eigenvalue weighted by molar-refractivity contribution is -0.116. The SMILES string of the molecule is Cc1cc(NC(=O)Cn2nccc2C(=O)O)nn1Cc1ccc(F)cc1Cl. The van der Waals surface area contributed by atoms with E-state index in [9.17, 15) is 14.0 Å². The number of carboxylic acids is 1. The van der Waals surface area contributed by atoms with Crippen LogP contribution in [0.15, 0.2) is 36.5 Å². The van der Waals surface area contributed by atoms with Gasteiger partial charge >= 0.3 is 5.97 Å². The number of carbonyl (C=O) groups excluding carboxylic acids is 1. The van der Waals surface area contributed by atoms with Crippen LogP contribution in [0.2, 0.25) is 5.02 Å². The lowest BCUT2D eigenvalue weighted by atomic mass is 10.2. The Labute approximate surface area is 158 Å². The summed E-state index contributed by atoms with van der Waals surface area (Å²) in [4.78, 5) is 23.2. The molecule has 0 saturated carbocycles. The van der Waals surface area contributed by atoms with Crippen molar-refractivity contribution in [3.63, 3.8) is 0 Å². The number of benzene rings is 1. The van der Waals surface area contributed by atoms with Gasteiger partial charge in [-0.15, -0.1) is 0 Å². The van der Waals surface area contributed by atoms with E-state index in [-0.39, 0.29) is 17.3 Å². The van der Waals surface area contributed by atoms with Crippen molar-refractivity contribution in [3.05, 3.63) is 64.3 Å². The van der Waals surface area contributed by atoms with E-state index < -0.39 is 17.7 Å². The van der Waals surface area contributed by atoms with Crippen molar-refractivity contribution in [1.82, 2.24) is 19.6 Å². The molecule has 0 atom stereocenters. The van der Waals surface area contributed by atoms with E-state index in [0.29, 0.717) is 17.9 Å². The van der Waals surface area contributed by atoms with Crippen LogP contribution in [-0.4, -0.2) is 36.5 Å². The van der Waals surface area contributed by atoms with Gasteiger partial charge in [0.2, 0.25) is 5.91 Å². The van der Waals surface area contributed by atoms with E-state index in [1.54, 1.807) is 23.7 Å². The topological polar surface area (TPSA) is 102 Å². The molecule has 0 spiro atoms. The molecule has 10 heteroatoms. The molecule has 8 nitrogen and oxygen atoms in total. The van der Waals surface area contributed by atoms with Gasteiger partial charge in [-0.3, -0.25) is 9.48 Å². The summed E-state index contributed by atoms with van der Waals surface area (Å²) in [6.45, 7) is 1.85. The van der Waals surface area contributed by atoms with Crippen LogP contribution >= 0.6 is 11.6 Å². The minimum Gasteiger partial charge on any atom is -0.477 e. The van der Waals surface area contributed by atoms with E-state index in [1.165, 1.54) is 24.4 Å². The highest BCUT2D eigenvalue weighted by Crippen LogP contribution is 2.19. The first-order valence-electron chi connectivity index (χ1n) is 7.87. The van der Waals surface area contributed by atoms with Crippen molar-refractivity contribution in [2.75, 3.05) is 5.32 Å². The van der Waals surface area contributed by atoms with Crippen LogP contribution in [-0.2, 0) is 17.9 Å². The molecule has 0 aliphatic carbocycles. The van der Waals surface area contributed by atoms with Gasteiger partial charge in [-0.1, -0.05) is 17.7 Å². The number of carbonyl (C=O) groups is 2. The molecule has 1 amide bonds. The smallest absolute Gasteiger partial charge is 0.354 e. The molecule has 3 aromatic rings. The van der Waals surface area contributed by atoms with E-state index in [2.05, 4.69) is 15.5 Å². The maximum atomic E-state index is 13.1. The van der Waals surface area contributed by atoms with Gasteiger partial charge in [0.25, 0.3) is 0 Å². The number of anilines is 1. The molecule has 0 aliphatic rings. The van der Waals surface area contributed by atoms with Crippen molar-refractivity contribution >= 4 is 29.3 Å². The Morgan fingerprint density at radius 2 is 2.04 bits per heavy atom. The van der Waals surface area contributed by atoms with Crippen LogP contribution in [0.3, 0.4) is 0 Å². The Kier molecular flexibility index (Phi) is 5.22. The summed E-state index contributed by atoms with van der Waals surface area (Å²) in [5.41, 5.74) is 1.36. The zero-order valence-corrected chi connectivity index (χ0v) is 14.9. The molecule has 140 valence electrons. The molecule has 27 heavy (non-hydrogen) atoms. The fourth-order valence-corrected chi connectivity index (χ4v) is 2.73. The molecule has 0 unspecified atom stereocenters. The number of halogens is 2. The molecule has 0 bridgehead atoms. The Bertz CT molecular complexity index is 1010. The van der Waals surface area contributed by atoms with Gasteiger partial charge in [-0.2, -0.15) is 10.2 Å². The second kappa shape index (κ2) is 7.58. The quantitative estimate of drug-likeness (QED) is 0.672. The molecule has 0 saturated heterocycles. The van der Waals surface area contributed by atoms with Gasteiger partial charge in [0.1, 0.15) is 18.1 Å². The first kappa shape index (κ1) is 18.6. The van der Waals surface area contributed by atoms with Crippen LogP contribution in [0.1, 0.15) is 21.7 Å². The summed E-state index contributed by atoms with van der Waals surface area (Å²) >= 11 is 6.03. The number of carboxylic acid groups (broad SMARTS) is 1. The maximum Gasteiger partial charge on any atom is 0.354 e. The van der Waals surface area contributed by atoms with Gasteiger partial charge in [0.05, 0.1) is 6.54 Å². The number of aryl methyl sites for hydroxylation is 1. The second-order valence-corrected chi connectivity index (χ2v) is 6.20. The summed E-state index contributed by atoms with van der Waals surface area (Å²) < 4.78 is 15.8. The minimum atomic E-state index is -1.17. The third kappa shape index (κ3) is 4.32. The number of nitrogens with zero attached hydrogens (tertiary/aromatic N) is 4. The highest BCUT2D eigenvalue weighted by molar-refractivity contribution is 6.31. The molecule has 2 aromatic heterocycles. The molecule has 2 heterocycles. The molecule has 2 N–H and O–H groups in total. The van der Waals surface area contributed by atoms with Gasteiger partial charge in [-0.25, -0.2) is 13.9 Å². The number of aromatic nitrogens is 4. The largest absolute Gasteiger partial charge is 0.477 e. The fourth-order valence-electron chi connectivity index (χ4n) is 2.50. The van der Waals surface area contributed by atoms with Crippen LogP contribution < -0.4 is 5.32 Å². The molecular formula is C17H15ClFN5O3. The minimum absolute atomic E-state index is 0.0854. The van der Waals surface area contributed by atoms with E-state index >= 15 is 0 Å². The molecule has 3 rings (SSSR count). The van der Waals surface area contributed by atoms with Crippen molar-refractivity contribution in [2.45, 2.75) is 20.0 Å². The number of hydrogen-bond donors (Lipinski definition) is 2. The predicted molar refractivity (Wildman–Crippen MR) is 95.3 cm³/mol. The Morgan fingerprint density at radius 3 is 2.74 bits per heavy atom. The van der Waals surface area contributed by atoms with Crippen LogP contribution in [0.4, 0.5) is 10.2 Å². The molecule has 0 fully saturated rings. The average molecular weight is 392 g/mol. The normalized spacial score (nSPS) is 10.8. The zero-order chi connectivity index (χ0) is 19.6. The van der Waals surface area contributed by atoms with Gasteiger partial charge in [0.15, 0.2) is 5.82 Å². The van der Waals surface area contributed by atoms with Crippen molar-refractivity contribution in [1.29, 1.82) is 0 Å². The van der Waals surface area contributed by atoms with Gasteiger partial charge < -0.3 is 10.4 Å². The van der Waals surface area contributed by atoms with Crippen LogP contribution in [0.5, 0.6) is 0 Å².